The zero-order valence-corrected chi connectivity index (χ0v) is 14.2. The third-order valence-electron chi connectivity index (χ3n) is 3.09. The van der Waals surface area contributed by atoms with Crippen LogP contribution >= 0.6 is 11.3 Å². The molecule has 0 radical (unpaired) electrons. The van der Waals surface area contributed by atoms with E-state index < -0.39 is 0 Å². The fourth-order valence-electron chi connectivity index (χ4n) is 1.77. The fourth-order valence-corrected chi connectivity index (χ4v) is 2.63. The Hall–Kier alpha value is -3.04. The number of carbonyl (C=O) groups is 1. The largest absolute Gasteiger partial charge is 0.501 e. The Kier molecular flexibility index (Phi) is 5.77. The van der Waals surface area contributed by atoms with Crippen LogP contribution in [0.4, 0.5) is 16.6 Å². The van der Waals surface area contributed by atoms with E-state index in [0.717, 1.165) is 17.0 Å². The number of methoxy groups -OCH3 is 1. The van der Waals surface area contributed by atoms with Crippen molar-refractivity contribution in [3.63, 3.8) is 0 Å². The molecule has 0 bridgehead atoms. The predicted molar refractivity (Wildman–Crippen MR) is 98.3 cm³/mol. The summed E-state index contributed by atoms with van der Waals surface area (Å²) in [5.74, 6) is 2.83. The average molecular weight is 339 g/mol. The summed E-state index contributed by atoms with van der Waals surface area (Å²) < 4.78 is 5.02. The number of ether oxygens (including phenoxy) is 1. The molecule has 3 N–H and O–H groups in total. The van der Waals surface area contributed by atoms with Gasteiger partial charge in [-0.2, -0.15) is 0 Å². The molecule has 2 aromatic rings. The van der Waals surface area contributed by atoms with Gasteiger partial charge in [-0.3, -0.25) is 4.79 Å². The highest BCUT2D eigenvalue weighted by Gasteiger charge is 2.19. The Bertz CT molecular complexity index is 830. The average Bonchev–Trinajstić information content (AvgIpc) is 2.96. The van der Waals surface area contributed by atoms with Crippen LogP contribution < -0.4 is 11.1 Å². The minimum atomic E-state index is -0.339. The standard InChI is InChI=1S/C18H17N3O2S/c1-4-13(11-10-12(2)23-3)15(22)16-17(19)21-18(24-16)20-14-8-6-5-7-9-14/h1,5-11H,19H2,2-3H3,(H,20,21)/b12-10+,13-11+. The van der Waals surface area contributed by atoms with Crippen molar-refractivity contribution in [3.8, 4) is 12.3 Å². The lowest BCUT2D eigenvalue weighted by Gasteiger charge is -2.00. The fraction of sp³-hybridized carbons (Fsp3) is 0.111. The second-order valence-corrected chi connectivity index (χ2v) is 5.76. The number of benzene rings is 1. The molecular formula is C18H17N3O2S. The van der Waals surface area contributed by atoms with E-state index in [1.54, 1.807) is 20.1 Å². The number of nitrogens with one attached hydrogen (secondary N) is 1. The predicted octanol–water partition coefficient (Wildman–Crippen LogP) is 3.76. The molecule has 1 aromatic carbocycles. The molecule has 122 valence electrons. The Morgan fingerprint density at radius 3 is 2.71 bits per heavy atom. The van der Waals surface area contributed by atoms with Gasteiger partial charge in [0.15, 0.2) is 5.13 Å². The highest BCUT2D eigenvalue weighted by molar-refractivity contribution is 7.18. The summed E-state index contributed by atoms with van der Waals surface area (Å²) in [6, 6.07) is 9.49. The van der Waals surface area contributed by atoms with Crippen LogP contribution in [0.3, 0.4) is 0 Å². The lowest BCUT2D eigenvalue weighted by Crippen LogP contribution is -2.03. The zero-order valence-electron chi connectivity index (χ0n) is 13.4. The van der Waals surface area contributed by atoms with Crippen molar-refractivity contribution in [3.05, 3.63) is 58.7 Å². The number of allylic oxidation sites excluding steroid dienone is 4. The Balaban J connectivity index is 2.25. The summed E-state index contributed by atoms with van der Waals surface area (Å²) in [4.78, 5) is 17.0. The van der Waals surface area contributed by atoms with Gasteiger partial charge in [-0.05, 0) is 31.2 Å². The number of rotatable bonds is 6. The van der Waals surface area contributed by atoms with E-state index in [1.165, 1.54) is 6.08 Å². The molecule has 2 rings (SSSR count). The smallest absolute Gasteiger partial charge is 0.215 e. The van der Waals surface area contributed by atoms with Crippen LogP contribution in [0.25, 0.3) is 0 Å². The minimum Gasteiger partial charge on any atom is -0.501 e. The van der Waals surface area contributed by atoms with E-state index in [4.69, 9.17) is 16.9 Å². The van der Waals surface area contributed by atoms with Gasteiger partial charge in [-0.15, -0.1) is 6.42 Å². The topological polar surface area (TPSA) is 77.2 Å². The van der Waals surface area contributed by atoms with Crippen LogP contribution in [0.5, 0.6) is 0 Å². The van der Waals surface area contributed by atoms with E-state index in [9.17, 15) is 4.79 Å². The Labute approximate surface area is 144 Å². The van der Waals surface area contributed by atoms with E-state index in [1.807, 2.05) is 30.3 Å². The molecule has 0 aliphatic carbocycles. The molecule has 1 aromatic heterocycles. The zero-order chi connectivity index (χ0) is 17.5. The molecule has 1 heterocycles. The summed E-state index contributed by atoms with van der Waals surface area (Å²) in [6.07, 6.45) is 8.60. The molecule has 0 unspecified atom stereocenters. The number of para-hydroxylation sites is 1. The Morgan fingerprint density at radius 2 is 2.08 bits per heavy atom. The summed E-state index contributed by atoms with van der Waals surface area (Å²) in [7, 11) is 1.54. The minimum absolute atomic E-state index is 0.150. The first-order valence-corrected chi connectivity index (χ1v) is 7.89. The van der Waals surface area contributed by atoms with Gasteiger partial charge in [0.2, 0.25) is 5.78 Å². The molecule has 0 fully saturated rings. The second-order valence-electron chi connectivity index (χ2n) is 4.76. The maximum atomic E-state index is 12.5. The summed E-state index contributed by atoms with van der Waals surface area (Å²) >= 11 is 1.16. The van der Waals surface area contributed by atoms with Crippen LogP contribution in [0, 0.1) is 12.3 Å². The van der Waals surface area contributed by atoms with Crippen LogP contribution in [-0.4, -0.2) is 17.9 Å². The first-order valence-electron chi connectivity index (χ1n) is 7.07. The maximum Gasteiger partial charge on any atom is 0.215 e. The van der Waals surface area contributed by atoms with Gasteiger partial charge in [0.05, 0.1) is 18.4 Å². The number of anilines is 3. The van der Waals surface area contributed by atoms with Crippen molar-refractivity contribution >= 4 is 33.8 Å². The maximum absolute atomic E-state index is 12.5. The third-order valence-corrected chi connectivity index (χ3v) is 4.08. The number of Topliss-reactive ketones (excluding diaryl/α,β-unsaturated/α-hetero) is 1. The number of hydrogen-bond acceptors (Lipinski definition) is 6. The van der Waals surface area contributed by atoms with Crippen molar-refractivity contribution in [2.24, 2.45) is 0 Å². The highest BCUT2D eigenvalue weighted by Crippen LogP contribution is 2.29. The summed E-state index contributed by atoms with van der Waals surface area (Å²) in [6.45, 7) is 1.76. The number of nitrogen functional groups attached to an aromatic ring is 1. The number of aromatic nitrogens is 1. The van der Waals surface area contributed by atoms with Gasteiger partial charge in [-0.1, -0.05) is 35.5 Å². The monoisotopic (exact) mass is 339 g/mol. The first kappa shape index (κ1) is 17.3. The molecule has 5 nitrogen and oxygen atoms in total. The molecule has 0 saturated carbocycles. The van der Waals surface area contributed by atoms with Gasteiger partial charge < -0.3 is 15.8 Å². The molecule has 0 aliphatic heterocycles. The van der Waals surface area contributed by atoms with Crippen LogP contribution in [-0.2, 0) is 4.74 Å². The van der Waals surface area contributed by atoms with Crippen LogP contribution in [0.15, 0.2) is 53.8 Å². The summed E-state index contributed by atoms with van der Waals surface area (Å²) in [5.41, 5.74) is 6.92. The first-order chi connectivity index (χ1) is 11.5. The normalized spacial score (nSPS) is 11.7. The number of thiazole rings is 1. The summed E-state index contributed by atoms with van der Waals surface area (Å²) in [5, 5.41) is 3.64. The Morgan fingerprint density at radius 1 is 1.38 bits per heavy atom. The number of terminal acetylenes is 1. The van der Waals surface area contributed by atoms with Crippen LogP contribution in [0.2, 0.25) is 0 Å². The van der Waals surface area contributed by atoms with E-state index >= 15 is 0 Å². The van der Waals surface area contributed by atoms with E-state index in [-0.39, 0.29) is 17.2 Å². The third kappa shape index (κ3) is 4.24. The molecule has 6 heteroatoms. The van der Waals surface area contributed by atoms with Crippen molar-refractivity contribution in [1.82, 2.24) is 4.98 Å². The molecule has 0 spiro atoms. The molecule has 0 amide bonds. The van der Waals surface area contributed by atoms with Crippen molar-refractivity contribution in [2.45, 2.75) is 6.92 Å². The SMILES string of the molecule is C#C/C(=C\C=C(/C)OC)C(=O)c1sc(Nc2ccccc2)nc1N. The molecule has 0 aliphatic rings. The van der Waals surface area contributed by atoms with Gasteiger partial charge in [0.25, 0.3) is 0 Å². The number of nitrogens with two attached hydrogens (primary N) is 1. The lowest BCUT2D eigenvalue weighted by molar-refractivity contribution is 0.104. The van der Waals surface area contributed by atoms with E-state index in [2.05, 4.69) is 16.2 Å². The molecule has 24 heavy (non-hydrogen) atoms. The molecule has 0 atom stereocenters. The number of hydrogen-bond donors (Lipinski definition) is 2. The number of carbonyl (C=O) groups excluding carboxylic acids is 1. The number of ketones is 1. The van der Waals surface area contributed by atoms with Crippen molar-refractivity contribution in [2.75, 3.05) is 18.2 Å². The van der Waals surface area contributed by atoms with Crippen LogP contribution in [0.1, 0.15) is 16.6 Å². The molecular weight excluding hydrogens is 322 g/mol. The van der Waals surface area contributed by atoms with Gasteiger partial charge >= 0.3 is 0 Å². The quantitative estimate of drug-likeness (QED) is 0.275. The molecule has 0 saturated heterocycles. The second kappa shape index (κ2) is 7.99. The van der Waals surface area contributed by atoms with Gasteiger partial charge in [-0.25, -0.2) is 4.98 Å². The highest BCUT2D eigenvalue weighted by atomic mass is 32.1. The van der Waals surface area contributed by atoms with Gasteiger partial charge in [0, 0.05) is 5.69 Å². The van der Waals surface area contributed by atoms with Gasteiger partial charge in [0.1, 0.15) is 10.7 Å². The van der Waals surface area contributed by atoms with E-state index in [0.29, 0.717) is 15.8 Å². The number of nitrogens with zero attached hydrogens (tertiary/aromatic N) is 1. The van der Waals surface area contributed by atoms with Crippen molar-refractivity contribution in [1.29, 1.82) is 0 Å². The lowest BCUT2D eigenvalue weighted by atomic mass is 10.1. The van der Waals surface area contributed by atoms with Crippen molar-refractivity contribution < 1.29 is 9.53 Å².